The van der Waals surface area contributed by atoms with Crippen molar-refractivity contribution in [3.05, 3.63) is 59.6 Å². The van der Waals surface area contributed by atoms with Crippen LogP contribution in [0.15, 0.2) is 53.7 Å². The largest absolute Gasteiger partial charge is 0.453 e. The van der Waals surface area contributed by atoms with Gasteiger partial charge >= 0.3 is 6.18 Å². The summed E-state index contributed by atoms with van der Waals surface area (Å²) in [7, 11) is -3.69. The van der Waals surface area contributed by atoms with Gasteiger partial charge < -0.3 is 0 Å². The molecule has 0 amide bonds. The molecule has 0 bridgehead atoms. The molecule has 160 valence electrons. The van der Waals surface area contributed by atoms with E-state index in [1.807, 2.05) is 0 Å². The summed E-state index contributed by atoms with van der Waals surface area (Å²) in [4.78, 5) is 11.6. The average molecular weight is 468 g/mol. The van der Waals surface area contributed by atoms with E-state index >= 15 is 0 Å². The van der Waals surface area contributed by atoms with E-state index in [0.29, 0.717) is 16.3 Å². The number of alkyl halides is 3. The number of hydrogen-bond acceptors (Lipinski definition) is 6. The van der Waals surface area contributed by atoms with E-state index in [2.05, 4.69) is 20.1 Å². The van der Waals surface area contributed by atoms with Crippen molar-refractivity contribution < 1.29 is 21.6 Å². The molecule has 3 heterocycles. The van der Waals surface area contributed by atoms with Gasteiger partial charge in [0, 0.05) is 28.5 Å². The molecule has 0 N–H and O–H groups in total. The molecule has 0 fully saturated rings. The summed E-state index contributed by atoms with van der Waals surface area (Å²) in [5, 5.41) is 3.92. The number of rotatable bonds is 4. The fraction of sp³-hybridized carbons (Fsp3) is 0.158. The Morgan fingerprint density at radius 3 is 2.39 bits per heavy atom. The van der Waals surface area contributed by atoms with Gasteiger partial charge in [0.25, 0.3) is 11.6 Å². The molecule has 0 aliphatic carbocycles. The van der Waals surface area contributed by atoms with Gasteiger partial charge in [-0.3, -0.25) is 0 Å². The molecule has 31 heavy (non-hydrogen) atoms. The molecule has 7 nitrogen and oxygen atoms in total. The summed E-state index contributed by atoms with van der Waals surface area (Å²) in [5.41, 5.74) is 1.36. The lowest BCUT2D eigenvalue weighted by Gasteiger charge is -2.11. The van der Waals surface area contributed by atoms with Crippen molar-refractivity contribution in [1.29, 1.82) is 0 Å². The number of aromatic nitrogens is 5. The van der Waals surface area contributed by atoms with Gasteiger partial charge in [0.2, 0.25) is 0 Å². The third-order valence-corrected chi connectivity index (χ3v) is 6.45. The molecule has 0 saturated heterocycles. The molecule has 0 radical (unpaired) electrons. The van der Waals surface area contributed by atoms with Crippen molar-refractivity contribution in [3.63, 3.8) is 0 Å². The van der Waals surface area contributed by atoms with Crippen LogP contribution >= 0.6 is 11.6 Å². The number of fused-ring (bicyclic) bond motifs is 1. The van der Waals surface area contributed by atoms with Crippen LogP contribution in [0.25, 0.3) is 28.3 Å². The van der Waals surface area contributed by atoms with Crippen molar-refractivity contribution in [2.24, 2.45) is 0 Å². The first-order chi connectivity index (χ1) is 14.6. The van der Waals surface area contributed by atoms with Crippen LogP contribution in [-0.4, -0.2) is 38.7 Å². The molecule has 0 spiro atoms. The zero-order valence-corrected chi connectivity index (χ0v) is 17.4. The van der Waals surface area contributed by atoms with Crippen molar-refractivity contribution in [2.75, 3.05) is 5.75 Å². The van der Waals surface area contributed by atoms with Gasteiger partial charge in [-0.2, -0.15) is 18.2 Å². The molecular weight excluding hydrogens is 455 g/mol. The maximum Gasteiger partial charge on any atom is 0.453 e. The van der Waals surface area contributed by atoms with Gasteiger partial charge in [0.1, 0.15) is 0 Å². The number of nitrogens with zero attached hydrogens (tertiary/aromatic N) is 5. The van der Waals surface area contributed by atoms with Crippen molar-refractivity contribution in [1.82, 2.24) is 24.6 Å². The normalized spacial score (nSPS) is 12.4. The summed E-state index contributed by atoms with van der Waals surface area (Å²) in [6.45, 7) is 1.49. The predicted octanol–water partition coefficient (Wildman–Crippen LogP) is 4.32. The Kier molecular flexibility index (Phi) is 5.18. The van der Waals surface area contributed by atoms with Crippen LogP contribution in [0.2, 0.25) is 5.02 Å². The van der Waals surface area contributed by atoms with Crippen LogP contribution in [0, 0.1) is 0 Å². The molecule has 4 rings (SSSR count). The Bertz CT molecular complexity index is 1390. The molecule has 4 aromatic rings. The highest BCUT2D eigenvalue weighted by molar-refractivity contribution is 7.91. The maximum atomic E-state index is 12.9. The van der Waals surface area contributed by atoms with Crippen molar-refractivity contribution in [2.45, 2.75) is 18.0 Å². The highest BCUT2D eigenvalue weighted by Crippen LogP contribution is 2.31. The summed E-state index contributed by atoms with van der Waals surface area (Å²) < 4.78 is 64.8. The Hall–Kier alpha value is -3.05. The minimum atomic E-state index is -4.74. The van der Waals surface area contributed by atoms with E-state index < -0.39 is 21.8 Å². The number of halogens is 4. The third kappa shape index (κ3) is 4.10. The number of pyridine rings is 1. The molecule has 3 aromatic heterocycles. The molecule has 0 saturated carbocycles. The van der Waals surface area contributed by atoms with Crippen LogP contribution in [0.5, 0.6) is 0 Å². The first-order valence-electron chi connectivity index (χ1n) is 8.88. The van der Waals surface area contributed by atoms with Crippen LogP contribution in [0.3, 0.4) is 0 Å². The van der Waals surface area contributed by atoms with Crippen LogP contribution in [0.4, 0.5) is 13.2 Å². The number of hydrogen-bond donors (Lipinski definition) is 0. The van der Waals surface area contributed by atoms with Crippen LogP contribution in [0.1, 0.15) is 12.7 Å². The third-order valence-electron chi connectivity index (χ3n) is 4.43. The Labute approximate surface area is 179 Å². The highest BCUT2D eigenvalue weighted by Gasteiger charge is 2.36. The lowest BCUT2D eigenvalue weighted by Crippen LogP contribution is -2.08. The molecular formula is C19H13ClF3N5O2S. The first-order valence-corrected chi connectivity index (χ1v) is 10.9. The Balaban J connectivity index is 1.92. The molecule has 12 heteroatoms. The van der Waals surface area contributed by atoms with E-state index in [1.54, 1.807) is 30.3 Å². The standard InChI is InChI=1S/C19H13ClF3N5O2S/c1-2-31(29,30)15-8-7-14(11-3-5-13(20)6-4-11)25-16(15)12-9-24-18-26-17(19(21,22)23)27-28(18)10-12/h3-10H,2H2,1H3. The van der Waals surface area contributed by atoms with E-state index in [-0.39, 0.29) is 27.7 Å². The number of benzene rings is 1. The average Bonchev–Trinajstić information content (AvgIpc) is 3.18. The topological polar surface area (TPSA) is 90.1 Å². The minimum absolute atomic E-state index is 0.0489. The van der Waals surface area contributed by atoms with Gasteiger partial charge in [0.15, 0.2) is 9.84 Å². The lowest BCUT2D eigenvalue weighted by molar-refractivity contribution is -0.144. The molecule has 0 aliphatic heterocycles. The summed E-state index contributed by atoms with van der Waals surface area (Å²) in [5.74, 6) is -1.80. The molecule has 0 unspecified atom stereocenters. The van der Waals surface area contributed by atoms with Crippen LogP contribution in [-0.2, 0) is 16.0 Å². The zero-order chi connectivity index (χ0) is 22.4. The van der Waals surface area contributed by atoms with Crippen LogP contribution < -0.4 is 0 Å². The minimum Gasteiger partial charge on any atom is -0.246 e. The van der Waals surface area contributed by atoms with Gasteiger partial charge in [-0.25, -0.2) is 22.9 Å². The lowest BCUT2D eigenvalue weighted by atomic mass is 10.1. The zero-order valence-electron chi connectivity index (χ0n) is 15.8. The molecule has 0 atom stereocenters. The van der Waals surface area contributed by atoms with E-state index in [0.717, 1.165) is 4.52 Å². The summed E-state index contributed by atoms with van der Waals surface area (Å²) >= 11 is 5.92. The Morgan fingerprint density at radius 2 is 1.74 bits per heavy atom. The first kappa shape index (κ1) is 21.2. The van der Waals surface area contributed by atoms with Gasteiger partial charge in [-0.15, -0.1) is 5.10 Å². The second-order valence-corrected chi connectivity index (χ2v) is 9.16. The highest BCUT2D eigenvalue weighted by atomic mass is 35.5. The second kappa shape index (κ2) is 7.57. The fourth-order valence-corrected chi connectivity index (χ4v) is 4.04. The quantitative estimate of drug-likeness (QED) is 0.444. The summed E-state index contributed by atoms with van der Waals surface area (Å²) in [6.07, 6.45) is -2.31. The second-order valence-electron chi connectivity index (χ2n) is 6.47. The smallest absolute Gasteiger partial charge is 0.246 e. The van der Waals surface area contributed by atoms with Crippen molar-refractivity contribution >= 4 is 27.2 Å². The Morgan fingerprint density at radius 1 is 1.03 bits per heavy atom. The van der Waals surface area contributed by atoms with Gasteiger partial charge in [-0.1, -0.05) is 30.7 Å². The predicted molar refractivity (Wildman–Crippen MR) is 107 cm³/mol. The van der Waals surface area contributed by atoms with E-state index in [1.165, 1.54) is 25.4 Å². The SMILES string of the molecule is CCS(=O)(=O)c1ccc(-c2ccc(Cl)cc2)nc1-c1cnc2nc(C(F)(F)F)nn2c1. The number of sulfone groups is 1. The monoisotopic (exact) mass is 467 g/mol. The maximum absolute atomic E-state index is 12.9. The molecule has 0 aliphatic rings. The van der Waals surface area contributed by atoms with Gasteiger partial charge in [0.05, 0.1) is 22.0 Å². The fourth-order valence-electron chi connectivity index (χ4n) is 2.87. The molecule has 1 aromatic carbocycles. The summed E-state index contributed by atoms with van der Waals surface area (Å²) in [6, 6.07) is 9.73. The van der Waals surface area contributed by atoms with Gasteiger partial charge in [-0.05, 0) is 24.3 Å². The van der Waals surface area contributed by atoms with E-state index in [4.69, 9.17) is 11.6 Å². The van der Waals surface area contributed by atoms with Crippen molar-refractivity contribution in [3.8, 4) is 22.5 Å². The van der Waals surface area contributed by atoms with E-state index in [9.17, 15) is 21.6 Å².